The molecule has 0 atom stereocenters. The summed E-state index contributed by atoms with van der Waals surface area (Å²) in [6.45, 7) is 2.86. The van der Waals surface area contributed by atoms with Crippen molar-refractivity contribution in [2.75, 3.05) is 6.54 Å². The topological polar surface area (TPSA) is 29.1 Å². The first-order chi connectivity index (χ1) is 5.84. The van der Waals surface area contributed by atoms with Gasteiger partial charge < -0.3 is 5.32 Å². The molecule has 0 aromatic rings. The Morgan fingerprint density at radius 1 is 1.67 bits per heavy atom. The molecule has 0 aromatic carbocycles. The van der Waals surface area contributed by atoms with E-state index < -0.39 is 0 Å². The minimum absolute atomic E-state index is 0.0200. The second-order valence-corrected chi connectivity index (χ2v) is 2.69. The maximum Gasteiger partial charge on any atom is 0.259 e. The van der Waals surface area contributed by atoms with Crippen LogP contribution in [0.2, 0.25) is 0 Å². The van der Waals surface area contributed by atoms with E-state index in [-0.39, 0.29) is 5.91 Å². The zero-order chi connectivity index (χ0) is 8.81. The van der Waals surface area contributed by atoms with Crippen LogP contribution in [0.1, 0.15) is 19.8 Å². The van der Waals surface area contributed by atoms with Crippen LogP contribution in [0.4, 0.5) is 0 Å². The average molecular weight is 163 g/mol. The molecule has 0 heterocycles. The summed E-state index contributed by atoms with van der Waals surface area (Å²) in [7, 11) is 0. The van der Waals surface area contributed by atoms with E-state index in [1.54, 1.807) is 12.2 Å². The Morgan fingerprint density at radius 3 is 3.08 bits per heavy atom. The van der Waals surface area contributed by atoms with Crippen molar-refractivity contribution in [1.29, 1.82) is 0 Å². The first-order valence-corrected chi connectivity index (χ1v) is 4.26. The van der Waals surface area contributed by atoms with Crippen LogP contribution in [0.15, 0.2) is 29.5 Å². The third-order valence-electron chi connectivity index (χ3n) is 1.66. The van der Waals surface area contributed by atoms with Gasteiger partial charge >= 0.3 is 0 Å². The van der Waals surface area contributed by atoms with Crippen LogP contribution >= 0.6 is 0 Å². The first kappa shape index (κ1) is 8.82. The van der Waals surface area contributed by atoms with Gasteiger partial charge in [0.1, 0.15) is 0 Å². The van der Waals surface area contributed by atoms with Crippen LogP contribution in [0.5, 0.6) is 0 Å². The fourth-order valence-corrected chi connectivity index (χ4v) is 0.945. The Balaban J connectivity index is 2.29. The minimum atomic E-state index is -0.0200. The van der Waals surface area contributed by atoms with E-state index in [0.717, 1.165) is 19.4 Å². The molecule has 64 valence electrons. The molecule has 0 bridgehead atoms. The lowest BCUT2D eigenvalue weighted by atomic mass is 10.2. The van der Waals surface area contributed by atoms with E-state index >= 15 is 0 Å². The number of nitrogens with one attached hydrogen (secondary N) is 1. The van der Waals surface area contributed by atoms with Gasteiger partial charge in [0.2, 0.25) is 0 Å². The number of unbranched alkanes of at least 4 members (excludes halogenated alkanes) is 1. The number of carbonyl (C=O) groups excluding carboxylic acids is 1. The molecule has 1 rings (SSSR count). The molecule has 1 aliphatic carbocycles. The van der Waals surface area contributed by atoms with Gasteiger partial charge in [-0.1, -0.05) is 19.4 Å². The van der Waals surface area contributed by atoms with Crippen molar-refractivity contribution >= 4 is 5.91 Å². The van der Waals surface area contributed by atoms with Crippen molar-refractivity contribution < 1.29 is 4.79 Å². The second-order valence-electron chi connectivity index (χ2n) is 2.69. The minimum Gasteiger partial charge on any atom is -0.352 e. The van der Waals surface area contributed by atoms with Crippen molar-refractivity contribution in [3.05, 3.63) is 29.5 Å². The number of carbonyl (C=O) groups is 1. The molecule has 1 aliphatic rings. The molecule has 0 saturated heterocycles. The van der Waals surface area contributed by atoms with E-state index in [2.05, 4.69) is 18.0 Å². The molecular weight excluding hydrogens is 150 g/mol. The van der Waals surface area contributed by atoms with Crippen molar-refractivity contribution in [3.8, 4) is 0 Å². The van der Waals surface area contributed by atoms with Crippen molar-refractivity contribution in [2.45, 2.75) is 19.8 Å². The molecule has 2 heteroatoms. The summed E-state index contributed by atoms with van der Waals surface area (Å²) in [5.41, 5.74) is 3.48. The van der Waals surface area contributed by atoms with Crippen LogP contribution in [0, 0.1) is 0 Å². The fourth-order valence-electron chi connectivity index (χ4n) is 0.945. The molecule has 0 unspecified atom stereocenters. The normalized spacial score (nSPS) is 13.2. The molecule has 2 nitrogen and oxygen atoms in total. The summed E-state index contributed by atoms with van der Waals surface area (Å²) in [5.74, 6) is -0.0200. The van der Waals surface area contributed by atoms with Crippen molar-refractivity contribution in [3.63, 3.8) is 0 Å². The summed E-state index contributed by atoms with van der Waals surface area (Å²) in [4.78, 5) is 11.2. The quantitative estimate of drug-likeness (QED) is 0.494. The number of allylic oxidation sites excluding steroid dienone is 1. The van der Waals surface area contributed by atoms with Gasteiger partial charge in [-0.25, -0.2) is 0 Å². The van der Waals surface area contributed by atoms with Crippen molar-refractivity contribution in [1.82, 2.24) is 5.32 Å². The monoisotopic (exact) mass is 163 g/mol. The van der Waals surface area contributed by atoms with E-state index in [9.17, 15) is 4.79 Å². The first-order valence-electron chi connectivity index (χ1n) is 4.26. The predicted octanol–water partition coefficient (Wildman–Crippen LogP) is 1.55. The van der Waals surface area contributed by atoms with Gasteiger partial charge in [0, 0.05) is 6.54 Å². The number of rotatable bonds is 4. The Kier molecular flexibility index (Phi) is 3.36. The lowest BCUT2D eigenvalue weighted by molar-refractivity contribution is -0.117. The number of hydrogen-bond acceptors (Lipinski definition) is 1. The Labute approximate surface area is 72.7 Å². The maximum atomic E-state index is 11.2. The lowest BCUT2D eigenvalue weighted by Gasteiger charge is -2.01. The van der Waals surface area contributed by atoms with E-state index in [1.807, 2.05) is 6.08 Å². The number of amides is 1. The summed E-state index contributed by atoms with van der Waals surface area (Å²) in [5, 5.41) is 2.82. The van der Waals surface area contributed by atoms with Crippen LogP contribution in [-0.2, 0) is 4.79 Å². The van der Waals surface area contributed by atoms with Gasteiger partial charge in [0.25, 0.3) is 5.91 Å². The van der Waals surface area contributed by atoms with Crippen molar-refractivity contribution in [2.24, 2.45) is 0 Å². The molecule has 0 fully saturated rings. The van der Waals surface area contributed by atoms with Crippen LogP contribution in [-0.4, -0.2) is 12.5 Å². The lowest BCUT2D eigenvalue weighted by Crippen LogP contribution is -2.24. The summed E-state index contributed by atoms with van der Waals surface area (Å²) < 4.78 is 0. The highest BCUT2D eigenvalue weighted by molar-refractivity contribution is 5.96. The molecule has 0 saturated carbocycles. The molecular formula is C10H13NO. The van der Waals surface area contributed by atoms with E-state index in [0.29, 0.717) is 5.57 Å². The Morgan fingerprint density at radius 2 is 2.50 bits per heavy atom. The highest BCUT2D eigenvalue weighted by Gasteiger charge is 2.05. The Hall–Kier alpha value is -1.27. The van der Waals surface area contributed by atoms with Gasteiger partial charge in [-0.3, -0.25) is 4.79 Å². The maximum absolute atomic E-state index is 11.2. The van der Waals surface area contributed by atoms with Gasteiger partial charge in [-0.15, -0.1) is 5.73 Å². The van der Waals surface area contributed by atoms with E-state index in [4.69, 9.17) is 0 Å². The third-order valence-corrected chi connectivity index (χ3v) is 1.66. The smallest absolute Gasteiger partial charge is 0.259 e. The third kappa shape index (κ3) is 2.40. The molecule has 1 N–H and O–H groups in total. The Bertz CT molecular complexity index is 257. The molecule has 12 heavy (non-hydrogen) atoms. The van der Waals surface area contributed by atoms with Crippen LogP contribution < -0.4 is 5.32 Å². The van der Waals surface area contributed by atoms with Gasteiger partial charge in [0.15, 0.2) is 0 Å². The molecule has 0 aliphatic heterocycles. The highest BCUT2D eigenvalue weighted by atomic mass is 16.1. The molecule has 0 spiro atoms. The van der Waals surface area contributed by atoms with Gasteiger partial charge in [0.05, 0.1) is 5.57 Å². The standard InChI is InChI=1S/C10H13NO/c1-2-3-8-11-10(12)9-6-4-5-7-9/h4-6H,2-3,8H2,1H3,(H,11,12). The zero-order valence-electron chi connectivity index (χ0n) is 7.26. The second kappa shape index (κ2) is 4.58. The summed E-state index contributed by atoms with van der Waals surface area (Å²) in [6.07, 6.45) is 7.46. The zero-order valence-corrected chi connectivity index (χ0v) is 7.26. The molecule has 1 amide bonds. The number of hydrogen-bond donors (Lipinski definition) is 1. The average Bonchev–Trinajstić information content (AvgIpc) is 2.56. The summed E-state index contributed by atoms with van der Waals surface area (Å²) >= 11 is 0. The van der Waals surface area contributed by atoms with Gasteiger partial charge in [-0.05, 0) is 18.6 Å². The van der Waals surface area contributed by atoms with Gasteiger partial charge in [-0.2, -0.15) is 0 Å². The molecule has 0 radical (unpaired) electrons. The highest BCUT2D eigenvalue weighted by Crippen LogP contribution is 2.01. The van der Waals surface area contributed by atoms with E-state index in [1.165, 1.54) is 0 Å². The van der Waals surface area contributed by atoms with Crippen LogP contribution in [0.3, 0.4) is 0 Å². The SMILES string of the molecule is CCCCNC(=O)C1=C=CC=C1. The fraction of sp³-hybridized carbons (Fsp3) is 0.400. The summed E-state index contributed by atoms with van der Waals surface area (Å²) in [6, 6.07) is 0. The predicted molar refractivity (Wildman–Crippen MR) is 48.7 cm³/mol. The molecule has 0 aromatic heterocycles. The largest absolute Gasteiger partial charge is 0.352 e. The van der Waals surface area contributed by atoms with Crippen LogP contribution in [0.25, 0.3) is 0 Å².